The van der Waals surface area contributed by atoms with E-state index in [0.717, 1.165) is 15.8 Å². The van der Waals surface area contributed by atoms with Gasteiger partial charge < -0.3 is 10.6 Å². The number of thiophene rings is 1. The second kappa shape index (κ2) is 6.89. The fourth-order valence-corrected chi connectivity index (χ4v) is 2.84. The fourth-order valence-electron chi connectivity index (χ4n) is 1.79. The number of anilines is 1. The third-order valence-electron chi connectivity index (χ3n) is 2.92. The van der Waals surface area contributed by atoms with Gasteiger partial charge in [-0.3, -0.25) is 9.59 Å². The smallest absolute Gasteiger partial charge is 0.313 e. The summed E-state index contributed by atoms with van der Waals surface area (Å²) in [4.78, 5) is 25.8. The van der Waals surface area contributed by atoms with E-state index in [-0.39, 0.29) is 16.8 Å². The minimum Gasteiger partial charge on any atom is -0.340 e. The van der Waals surface area contributed by atoms with Crippen molar-refractivity contribution in [1.82, 2.24) is 5.32 Å². The first-order chi connectivity index (χ1) is 10.4. The van der Waals surface area contributed by atoms with Crippen LogP contribution in [0.1, 0.15) is 22.7 Å². The monoisotopic (exact) mass is 340 g/mol. The van der Waals surface area contributed by atoms with Crippen LogP contribution in [0.4, 0.5) is 10.1 Å². The molecular formula is C15H14ClFN2O2S. The molecule has 0 bridgehead atoms. The van der Waals surface area contributed by atoms with Gasteiger partial charge in [0.2, 0.25) is 0 Å². The van der Waals surface area contributed by atoms with Crippen molar-refractivity contribution >= 4 is 40.4 Å². The summed E-state index contributed by atoms with van der Waals surface area (Å²) < 4.78 is 13.1. The van der Waals surface area contributed by atoms with Crippen molar-refractivity contribution in [2.24, 2.45) is 0 Å². The van der Waals surface area contributed by atoms with Crippen LogP contribution in [0.25, 0.3) is 0 Å². The summed E-state index contributed by atoms with van der Waals surface area (Å²) in [5.74, 6) is -2.26. The Kier molecular flexibility index (Phi) is 5.15. The molecule has 0 aliphatic carbocycles. The van der Waals surface area contributed by atoms with Gasteiger partial charge in [-0.05, 0) is 44.2 Å². The number of rotatable bonds is 3. The molecule has 0 radical (unpaired) electrons. The van der Waals surface area contributed by atoms with Crippen molar-refractivity contribution in [1.29, 1.82) is 0 Å². The fraction of sp³-hybridized carbons (Fsp3) is 0.200. The van der Waals surface area contributed by atoms with Gasteiger partial charge in [-0.15, -0.1) is 11.3 Å². The van der Waals surface area contributed by atoms with E-state index in [1.807, 2.05) is 19.1 Å². The highest BCUT2D eigenvalue weighted by Crippen LogP contribution is 2.23. The van der Waals surface area contributed by atoms with Crippen LogP contribution in [-0.2, 0) is 9.59 Å². The second-order valence-electron chi connectivity index (χ2n) is 4.72. The first-order valence-corrected chi connectivity index (χ1v) is 7.69. The molecule has 2 N–H and O–H groups in total. The summed E-state index contributed by atoms with van der Waals surface area (Å²) in [7, 11) is 0. The summed E-state index contributed by atoms with van der Waals surface area (Å²) in [5, 5.41) is 5.04. The first kappa shape index (κ1) is 16.5. The van der Waals surface area contributed by atoms with Crippen LogP contribution in [0, 0.1) is 12.7 Å². The van der Waals surface area contributed by atoms with Crippen molar-refractivity contribution in [3.05, 3.63) is 50.9 Å². The molecule has 1 heterocycles. The maximum Gasteiger partial charge on any atom is 0.313 e. The zero-order valence-electron chi connectivity index (χ0n) is 11.9. The lowest BCUT2D eigenvalue weighted by molar-refractivity contribution is -0.136. The molecule has 0 saturated carbocycles. The molecule has 1 aromatic carbocycles. The van der Waals surface area contributed by atoms with Gasteiger partial charge in [-0.1, -0.05) is 11.6 Å². The van der Waals surface area contributed by atoms with Crippen LogP contribution in [0.2, 0.25) is 5.02 Å². The van der Waals surface area contributed by atoms with Crippen LogP contribution < -0.4 is 10.6 Å². The molecule has 0 aliphatic heterocycles. The van der Waals surface area contributed by atoms with Gasteiger partial charge in [0.15, 0.2) is 0 Å². The van der Waals surface area contributed by atoms with Crippen LogP contribution in [0.3, 0.4) is 0 Å². The molecule has 1 aromatic heterocycles. The van der Waals surface area contributed by atoms with Crippen LogP contribution >= 0.6 is 22.9 Å². The van der Waals surface area contributed by atoms with E-state index in [1.54, 1.807) is 18.3 Å². The summed E-state index contributed by atoms with van der Waals surface area (Å²) >= 11 is 7.38. The molecule has 0 fully saturated rings. The Bertz CT molecular complexity index is 717. The highest BCUT2D eigenvalue weighted by molar-refractivity contribution is 7.12. The lowest BCUT2D eigenvalue weighted by Gasteiger charge is -2.12. The molecule has 2 rings (SSSR count). The largest absolute Gasteiger partial charge is 0.340 e. The lowest BCUT2D eigenvalue weighted by atomic mass is 10.2. The number of aryl methyl sites for hydroxylation is 1. The normalized spacial score (nSPS) is 11.8. The lowest BCUT2D eigenvalue weighted by Crippen LogP contribution is -2.36. The van der Waals surface area contributed by atoms with Crippen molar-refractivity contribution in [3.63, 3.8) is 0 Å². The highest BCUT2D eigenvalue weighted by atomic mass is 35.5. The Balaban J connectivity index is 2.00. The molecule has 116 valence electrons. The number of halogens is 2. The van der Waals surface area contributed by atoms with Crippen LogP contribution in [0.5, 0.6) is 0 Å². The number of hydrogen-bond acceptors (Lipinski definition) is 3. The van der Waals surface area contributed by atoms with E-state index in [0.29, 0.717) is 0 Å². The van der Waals surface area contributed by atoms with Crippen molar-refractivity contribution in [2.75, 3.05) is 5.32 Å². The molecule has 0 aliphatic rings. The molecule has 7 heteroatoms. The number of carbonyl (C=O) groups is 2. The average molecular weight is 341 g/mol. The first-order valence-electron chi connectivity index (χ1n) is 6.50. The molecule has 22 heavy (non-hydrogen) atoms. The van der Waals surface area contributed by atoms with Crippen molar-refractivity contribution < 1.29 is 14.0 Å². The molecule has 0 spiro atoms. The van der Waals surface area contributed by atoms with E-state index in [1.165, 1.54) is 12.1 Å². The highest BCUT2D eigenvalue weighted by Gasteiger charge is 2.19. The predicted molar refractivity (Wildman–Crippen MR) is 85.7 cm³/mol. The number of carbonyl (C=O) groups excluding carboxylic acids is 2. The summed E-state index contributed by atoms with van der Waals surface area (Å²) in [6.45, 7) is 3.74. The molecule has 4 nitrogen and oxygen atoms in total. The SMILES string of the molecule is Cc1ccc([C@@H](C)NC(=O)C(=O)Nc2cc(F)ccc2Cl)s1. The Labute approximate surface area is 136 Å². The van der Waals surface area contributed by atoms with Gasteiger partial charge in [-0.2, -0.15) is 0 Å². The molecule has 0 saturated heterocycles. The molecular weight excluding hydrogens is 327 g/mol. The maximum absolute atomic E-state index is 13.1. The van der Waals surface area contributed by atoms with Crippen molar-refractivity contribution in [3.8, 4) is 0 Å². The minimum absolute atomic E-state index is 0.0569. The molecule has 0 unspecified atom stereocenters. The van der Waals surface area contributed by atoms with Gasteiger partial charge in [0.05, 0.1) is 16.8 Å². The summed E-state index contributed by atoms with van der Waals surface area (Å²) in [6.07, 6.45) is 0. The van der Waals surface area contributed by atoms with E-state index in [2.05, 4.69) is 10.6 Å². The van der Waals surface area contributed by atoms with Crippen LogP contribution in [0.15, 0.2) is 30.3 Å². The van der Waals surface area contributed by atoms with E-state index < -0.39 is 17.6 Å². The average Bonchev–Trinajstić information content (AvgIpc) is 2.89. The number of amides is 2. The zero-order valence-corrected chi connectivity index (χ0v) is 13.5. The number of hydrogen-bond donors (Lipinski definition) is 2. The summed E-state index contributed by atoms with van der Waals surface area (Å²) in [5.41, 5.74) is 0.0569. The predicted octanol–water partition coefficient (Wildman–Crippen LogP) is 3.66. The zero-order chi connectivity index (χ0) is 16.3. The third-order valence-corrected chi connectivity index (χ3v) is 4.43. The third kappa shape index (κ3) is 4.05. The molecule has 2 aromatic rings. The van der Waals surface area contributed by atoms with Gasteiger partial charge in [0, 0.05) is 9.75 Å². The Hall–Kier alpha value is -1.92. The molecule has 2 amide bonds. The second-order valence-corrected chi connectivity index (χ2v) is 6.45. The van der Waals surface area contributed by atoms with E-state index in [9.17, 15) is 14.0 Å². The topological polar surface area (TPSA) is 58.2 Å². The van der Waals surface area contributed by atoms with Gasteiger partial charge >= 0.3 is 11.8 Å². The number of nitrogens with one attached hydrogen (secondary N) is 2. The van der Waals surface area contributed by atoms with Crippen LogP contribution in [-0.4, -0.2) is 11.8 Å². The number of benzene rings is 1. The molecule has 1 atom stereocenters. The van der Waals surface area contributed by atoms with Gasteiger partial charge in [-0.25, -0.2) is 4.39 Å². The standard InChI is InChI=1S/C15H14ClFN2O2S/c1-8-3-6-13(22-8)9(2)18-14(20)15(21)19-12-7-10(17)4-5-11(12)16/h3-7,9H,1-2H3,(H,18,20)(H,19,21)/t9-/m1/s1. The Morgan fingerprint density at radius 1 is 1.23 bits per heavy atom. The van der Waals surface area contributed by atoms with E-state index in [4.69, 9.17) is 11.6 Å². The van der Waals surface area contributed by atoms with E-state index >= 15 is 0 Å². The Morgan fingerprint density at radius 3 is 2.59 bits per heavy atom. The minimum atomic E-state index is -0.896. The van der Waals surface area contributed by atoms with Crippen molar-refractivity contribution in [2.45, 2.75) is 19.9 Å². The quantitative estimate of drug-likeness (QED) is 0.838. The van der Waals surface area contributed by atoms with Gasteiger partial charge in [0.25, 0.3) is 0 Å². The Morgan fingerprint density at radius 2 is 1.95 bits per heavy atom. The van der Waals surface area contributed by atoms with Gasteiger partial charge in [0.1, 0.15) is 5.82 Å². The summed E-state index contributed by atoms with van der Waals surface area (Å²) in [6, 6.07) is 7.07. The maximum atomic E-state index is 13.1.